The molecule has 0 saturated carbocycles. The van der Waals surface area contributed by atoms with Crippen LogP contribution in [-0.2, 0) is 10.5 Å². The van der Waals surface area contributed by atoms with E-state index in [2.05, 4.69) is 22.6 Å². The Morgan fingerprint density at radius 2 is 2.33 bits per heavy atom. The van der Waals surface area contributed by atoms with Crippen molar-refractivity contribution in [3.63, 3.8) is 0 Å². The number of carbonyl (C=O) groups is 1. The SMILES string of the molecule is CC[C@](O)(OC(N)=O)c1cccc(I)c1. The third-order valence-corrected chi connectivity index (χ3v) is 2.70. The number of aliphatic hydroxyl groups is 1. The Labute approximate surface area is 102 Å². The fraction of sp³-hybridized carbons (Fsp3) is 0.300. The summed E-state index contributed by atoms with van der Waals surface area (Å²) in [5.74, 6) is -1.63. The molecular formula is C10H12INO3. The van der Waals surface area contributed by atoms with Gasteiger partial charge in [0, 0.05) is 15.6 Å². The minimum Gasteiger partial charge on any atom is -0.413 e. The molecule has 0 aliphatic rings. The largest absolute Gasteiger partial charge is 0.413 e. The first-order valence-corrected chi connectivity index (χ1v) is 5.52. The van der Waals surface area contributed by atoms with Crippen LogP contribution in [0.4, 0.5) is 4.79 Å². The van der Waals surface area contributed by atoms with Gasteiger partial charge in [-0.1, -0.05) is 19.1 Å². The van der Waals surface area contributed by atoms with Crippen molar-refractivity contribution in [1.82, 2.24) is 0 Å². The van der Waals surface area contributed by atoms with Crippen LogP contribution in [0.3, 0.4) is 0 Å². The molecule has 0 fully saturated rings. The Morgan fingerprint density at radius 3 is 2.80 bits per heavy atom. The molecule has 0 spiro atoms. The molecule has 1 aromatic carbocycles. The van der Waals surface area contributed by atoms with Gasteiger partial charge in [0.25, 0.3) is 0 Å². The Bertz CT molecular complexity index is 369. The first-order chi connectivity index (χ1) is 6.98. The molecule has 0 heterocycles. The lowest BCUT2D eigenvalue weighted by atomic mass is 10.0. The second kappa shape index (κ2) is 4.80. The van der Waals surface area contributed by atoms with E-state index in [4.69, 9.17) is 10.5 Å². The normalized spacial score (nSPS) is 14.3. The second-order valence-electron chi connectivity index (χ2n) is 3.07. The summed E-state index contributed by atoms with van der Waals surface area (Å²) in [6.07, 6.45) is -0.742. The maximum Gasteiger partial charge on any atom is 0.407 e. The highest BCUT2D eigenvalue weighted by Crippen LogP contribution is 2.27. The summed E-state index contributed by atoms with van der Waals surface area (Å²) in [5, 5.41) is 10.1. The second-order valence-corrected chi connectivity index (χ2v) is 4.32. The topological polar surface area (TPSA) is 72.6 Å². The highest BCUT2D eigenvalue weighted by molar-refractivity contribution is 14.1. The zero-order chi connectivity index (χ0) is 11.5. The molecule has 0 bridgehead atoms. The van der Waals surface area contributed by atoms with Crippen molar-refractivity contribution in [3.8, 4) is 0 Å². The molecule has 1 aromatic rings. The molecule has 3 N–H and O–H groups in total. The summed E-state index contributed by atoms with van der Waals surface area (Å²) in [6.45, 7) is 1.71. The van der Waals surface area contributed by atoms with E-state index in [1.165, 1.54) is 0 Å². The van der Waals surface area contributed by atoms with Crippen LogP contribution in [0.1, 0.15) is 18.9 Å². The Morgan fingerprint density at radius 1 is 1.67 bits per heavy atom. The van der Waals surface area contributed by atoms with Crippen LogP contribution in [-0.4, -0.2) is 11.2 Å². The number of amides is 1. The van der Waals surface area contributed by atoms with Gasteiger partial charge in [-0.15, -0.1) is 0 Å². The average molecular weight is 321 g/mol. The molecule has 0 aromatic heterocycles. The number of ether oxygens (including phenoxy) is 1. The molecule has 82 valence electrons. The van der Waals surface area contributed by atoms with Gasteiger partial charge in [-0.3, -0.25) is 0 Å². The van der Waals surface area contributed by atoms with Crippen LogP contribution in [0, 0.1) is 3.57 Å². The molecule has 5 heteroatoms. The highest BCUT2D eigenvalue weighted by atomic mass is 127. The van der Waals surface area contributed by atoms with Gasteiger partial charge in [0.2, 0.25) is 5.79 Å². The van der Waals surface area contributed by atoms with Gasteiger partial charge >= 0.3 is 6.09 Å². The number of hydrogen-bond acceptors (Lipinski definition) is 3. The van der Waals surface area contributed by atoms with E-state index < -0.39 is 11.9 Å². The minimum absolute atomic E-state index is 0.246. The first kappa shape index (κ1) is 12.3. The third-order valence-electron chi connectivity index (χ3n) is 2.02. The average Bonchev–Trinajstić information content (AvgIpc) is 2.16. The van der Waals surface area contributed by atoms with Crippen LogP contribution in [0.25, 0.3) is 0 Å². The third kappa shape index (κ3) is 3.07. The van der Waals surface area contributed by atoms with Crippen molar-refractivity contribution in [2.24, 2.45) is 5.73 Å². The molecule has 1 atom stereocenters. The van der Waals surface area contributed by atoms with E-state index in [-0.39, 0.29) is 6.42 Å². The van der Waals surface area contributed by atoms with Gasteiger partial charge in [0.15, 0.2) is 0 Å². The van der Waals surface area contributed by atoms with E-state index >= 15 is 0 Å². The predicted molar refractivity (Wildman–Crippen MR) is 64.0 cm³/mol. The lowest BCUT2D eigenvalue weighted by Crippen LogP contribution is -2.34. The molecule has 1 rings (SSSR count). The van der Waals surface area contributed by atoms with E-state index in [0.29, 0.717) is 5.56 Å². The molecule has 1 amide bonds. The minimum atomic E-state index is -1.63. The maximum absolute atomic E-state index is 10.7. The lowest BCUT2D eigenvalue weighted by molar-refractivity contribution is -0.170. The number of hydrogen-bond donors (Lipinski definition) is 2. The molecule has 0 radical (unpaired) electrons. The number of benzene rings is 1. The molecule has 0 saturated heterocycles. The monoisotopic (exact) mass is 321 g/mol. The molecule has 0 aliphatic heterocycles. The van der Waals surface area contributed by atoms with Crippen LogP contribution >= 0.6 is 22.6 Å². The fourth-order valence-corrected chi connectivity index (χ4v) is 1.78. The van der Waals surface area contributed by atoms with Gasteiger partial charge in [0.1, 0.15) is 0 Å². The van der Waals surface area contributed by atoms with Crippen LogP contribution < -0.4 is 5.73 Å². The summed E-state index contributed by atoms with van der Waals surface area (Å²) >= 11 is 2.11. The Hall–Kier alpha value is -0.820. The summed E-state index contributed by atoms with van der Waals surface area (Å²) in [7, 11) is 0. The van der Waals surface area contributed by atoms with Gasteiger partial charge in [0.05, 0.1) is 0 Å². The lowest BCUT2D eigenvalue weighted by Gasteiger charge is -2.26. The quantitative estimate of drug-likeness (QED) is 0.660. The molecule has 0 unspecified atom stereocenters. The smallest absolute Gasteiger partial charge is 0.407 e. The van der Waals surface area contributed by atoms with Gasteiger partial charge < -0.3 is 15.6 Å². The number of halogens is 1. The molecule has 4 nitrogen and oxygen atoms in total. The van der Waals surface area contributed by atoms with Gasteiger partial charge in [-0.2, -0.15) is 0 Å². The van der Waals surface area contributed by atoms with Crippen molar-refractivity contribution in [1.29, 1.82) is 0 Å². The maximum atomic E-state index is 10.7. The molecular weight excluding hydrogens is 309 g/mol. The van der Waals surface area contributed by atoms with Crippen molar-refractivity contribution < 1.29 is 14.6 Å². The first-order valence-electron chi connectivity index (χ1n) is 4.45. The summed E-state index contributed by atoms with van der Waals surface area (Å²) in [6, 6.07) is 7.09. The molecule has 15 heavy (non-hydrogen) atoms. The van der Waals surface area contributed by atoms with E-state index in [1.54, 1.807) is 25.1 Å². The van der Waals surface area contributed by atoms with E-state index in [0.717, 1.165) is 3.57 Å². The number of nitrogens with two attached hydrogens (primary N) is 1. The summed E-state index contributed by atoms with van der Waals surface area (Å²) < 4.78 is 5.67. The standard InChI is InChI=1S/C10H12INO3/c1-2-10(14,15-9(12)13)7-4-3-5-8(11)6-7/h3-6,14H,2H2,1H3,(H2,12,13)/t10-/m0/s1. The van der Waals surface area contributed by atoms with Crippen molar-refractivity contribution in [2.75, 3.05) is 0 Å². The molecule has 0 aliphatic carbocycles. The van der Waals surface area contributed by atoms with E-state index in [9.17, 15) is 9.90 Å². The fourth-order valence-electron chi connectivity index (χ4n) is 1.23. The van der Waals surface area contributed by atoms with Crippen LogP contribution in [0.5, 0.6) is 0 Å². The number of carbonyl (C=O) groups excluding carboxylic acids is 1. The Kier molecular flexibility index (Phi) is 3.92. The van der Waals surface area contributed by atoms with Crippen molar-refractivity contribution in [3.05, 3.63) is 33.4 Å². The number of rotatable bonds is 3. The van der Waals surface area contributed by atoms with Crippen molar-refractivity contribution in [2.45, 2.75) is 19.1 Å². The van der Waals surface area contributed by atoms with Crippen LogP contribution in [0.2, 0.25) is 0 Å². The van der Waals surface area contributed by atoms with Gasteiger partial charge in [-0.25, -0.2) is 4.79 Å². The zero-order valence-electron chi connectivity index (χ0n) is 8.24. The van der Waals surface area contributed by atoms with Crippen molar-refractivity contribution >= 4 is 28.7 Å². The Balaban J connectivity index is 3.05. The van der Waals surface area contributed by atoms with E-state index in [1.807, 2.05) is 6.07 Å². The summed E-state index contributed by atoms with van der Waals surface area (Å²) in [5.41, 5.74) is 5.43. The number of primary amides is 1. The van der Waals surface area contributed by atoms with Crippen LogP contribution in [0.15, 0.2) is 24.3 Å². The zero-order valence-corrected chi connectivity index (χ0v) is 10.4. The predicted octanol–water partition coefficient (Wildman–Crippen LogP) is 1.94. The summed E-state index contributed by atoms with van der Waals surface area (Å²) in [4.78, 5) is 10.7. The van der Waals surface area contributed by atoms with Gasteiger partial charge in [-0.05, 0) is 34.7 Å². The highest BCUT2D eigenvalue weighted by Gasteiger charge is 2.31.